The first-order valence-electron chi connectivity index (χ1n) is 21.8. The van der Waals surface area contributed by atoms with Crippen LogP contribution in [0.15, 0.2) is 79.1 Å². The zero-order chi connectivity index (χ0) is 45.2. The van der Waals surface area contributed by atoms with Crippen LogP contribution in [0.2, 0.25) is 0 Å². The highest BCUT2D eigenvalue weighted by molar-refractivity contribution is 6.02. The van der Waals surface area contributed by atoms with Gasteiger partial charge in [-0.15, -0.1) is 0 Å². The van der Waals surface area contributed by atoms with Gasteiger partial charge in [-0.2, -0.15) is 0 Å². The monoisotopic (exact) mass is 872 g/mol. The summed E-state index contributed by atoms with van der Waals surface area (Å²) in [7, 11) is 2.03. The van der Waals surface area contributed by atoms with Crippen molar-refractivity contribution in [1.29, 1.82) is 0 Å². The lowest BCUT2D eigenvalue weighted by atomic mass is 9.94. The van der Waals surface area contributed by atoms with Crippen molar-refractivity contribution in [1.82, 2.24) is 30.4 Å². The molecule has 64 heavy (non-hydrogen) atoms. The lowest BCUT2D eigenvalue weighted by Crippen LogP contribution is -2.38. The van der Waals surface area contributed by atoms with Crippen LogP contribution in [0.5, 0.6) is 23.3 Å². The van der Waals surface area contributed by atoms with Gasteiger partial charge < -0.3 is 45.9 Å². The van der Waals surface area contributed by atoms with Gasteiger partial charge >= 0.3 is 0 Å². The Labute approximate surface area is 371 Å². The molecule has 0 radical (unpaired) electrons. The number of nitrogens with zero attached hydrogens (tertiary/aromatic N) is 4. The first-order chi connectivity index (χ1) is 30.7. The molecule has 4 aliphatic rings. The van der Waals surface area contributed by atoms with E-state index in [1.54, 1.807) is 48.8 Å². The fourth-order valence-electron chi connectivity index (χ4n) is 9.42. The highest BCUT2D eigenvalue weighted by Crippen LogP contribution is 2.36. The number of hydrogen-bond donors (Lipinski definition) is 4. The standard InChI is InChI=1S/C27H30N4O4.C21H26N4O4/c1-16(2)35-24-11-19-18(10-20(24)25(28)32)8-9-29-27(19)34-15-23-21-13-31(14-22(21)26(33)30-23)12-17-6-4-3-5-7-17;1-11(2)29-18-7-13-12(6-14(18)19(22)26)4-5-23-21(13)28-10-17-15-8-25(3)9-16(15)20(27)24-17/h3-11,16,21-23H,12-15H2,1-2H3,(H2,28,32)(H,30,33);4-7,11,15-17H,8-10H2,1-3H3,(H2,22,26)(H,24,27)/t21-,22+,23+;15-,16+,17+/m00/s1. The van der Waals surface area contributed by atoms with E-state index in [9.17, 15) is 19.2 Å². The topological polar surface area (TPSA) is 214 Å². The number of ether oxygens (including phenoxy) is 4. The van der Waals surface area contributed by atoms with Crippen LogP contribution in [0.3, 0.4) is 0 Å². The Morgan fingerprint density at radius 2 is 1.17 bits per heavy atom. The van der Waals surface area contributed by atoms with Crippen LogP contribution in [0.1, 0.15) is 54.0 Å². The van der Waals surface area contributed by atoms with Crippen molar-refractivity contribution in [2.24, 2.45) is 35.1 Å². The number of rotatable bonds is 14. The molecule has 0 unspecified atom stereocenters. The molecule has 0 spiro atoms. The maximum Gasteiger partial charge on any atom is 0.252 e. The van der Waals surface area contributed by atoms with E-state index in [0.29, 0.717) is 47.6 Å². The molecular weight excluding hydrogens is 817 g/mol. The average Bonchev–Trinajstić information content (AvgIpc) is 4.00. The van der Waals surface area contributed by atoms with Crippen molar-refractivity contribution in [3.63, 3.8) is 0 Å². The summed E-state index contributed by atoms with van der Waals surface area (Å²) in [6.07, 6.45) is 3.03. The average molecular weight is 873 g/mol. The van der Waals surface area contributed by atoms with Crippen LogP contribution in [0.4, 0.5) is 0 Å². The molecule has 0 saturated carbocycles. The molecule has 4 fully saturated rings. The molecular formula is C48H56N8O8. The minimum absolute atomic E-state index is 0.0262. The quantitative estimate of drug-likeness (QED) is 0.125. The van der Waals surface area contributed by atoms with Crippen molar-refractivity contribution in [3.8, 4) is 23.3 Å². The minimum atomic E-state index is -0.553. The number of nitrogens with one attached hydrogen (secondary N) is 2. The summed E-state index contributed by atoms with van der Waals surface area (Å²) in [5, 5.41) is 9.20. The third-order valence-corrected chi connectivity index (χ3v) is 12.3. The van der Waals surface area contributed by atoms with Crippen molar-refractivity contribution in [2.45, 2.75) is 58.5 Å². The van der Waals surface area contributed by atoms with Crippen LogP contribution < -0.4 is 41.0 Å². The number of amides is 4. The summed E-state index contributed by atoms with van der Waals surface area (Å²) in [6.45, 7) is 12.3. The second-order valence-corrected chi connectivity index (χ2v) is 17.7. The van der Waals surface area contributed by atoms with E-state index < -0.39 is 11.8 Å². The van der Waals surface area contributed by atoms with Gasteiger partial charge in [-0.1, -0.05) is 30.3 Å². The molecule has 4 amide bonds. The molecule has 16 nitrogen and oxygen atoms in total. The molecule has 4 saturated heterocycles. The second kappa shape index (κ2) is 18.7. The molecule has 4 aliphatic heterocycles. The van der Waals surface area contributed by atoms with E-state index in [0.717, 1.165) is 54.3 Å². The van der Waals surface area contributed by atoms with Gasteiger partial charge in [0.05, 0.1) is 47.3 Å². The van der Waals surface area contributed by atoms with Gasteiger partial charge in [0.25, 0.3) is 11.8 Å². The summed E-state index contributed by atoms with van der Waals surface area (Å²) in [4.78, 5) is 62.0. The Bertz CT molecular complexity index is 2550. The van der Waals surface area contributed by atoms with Crippen LogP contribution in [-0.4, -0.2) is 114 Å². The number of likely N-dealkylation sites (tertiary alicyclic amines) is 2. The number of aromatic nitrogens is 2. The fourth-order valence-corrected chi connectivity index (χ4v) is 9.42. The maximum absolute atomic E-state index is 12.7. The number of pyridine rings is 2. The van der Waals surface area contributed by atoms with E-state index in [-0.39, 0.29) is 59.8 Å². The van der Waals surface area contributed by atoms with Gasteiger partial charge in [0, 0.05) is 67.7 Å². The van der Waals surface area contributed by atoms with Crippen molar-refractivity contribution in [3.05, 3.63) is 95.8 Å². The Hall–Kier alpha value is -6.52. The van der Waals surface area contributed by atoms with Gasteiger partial charge in [-0.05, 0) is 87.5 Å². The Balaban J connectivity index is 0.000000178. The van der Waals surface area contributed by atoms with E-state index in [4.69, 9.17) is 30.4 Å². The molecule has 6 heterocycles. The summed E-state index contributed by atoms with van der Waals surface area (Å²) in [5.41, 5.74) is 13.0. The third-order valence-electron chi connectivity index (χ3n) is 12.3. The molecule has 6 atom stereocenters. The summed E-state index contributed by atoms with van der Waals surface area (Å²) in [6, 6.07) is 20.7. The number of nitrogens with two attached hydrogens (primary N) is 2. The zero-order valence-corrected chi connectivity index (χ0v) is 36.8. The maximum atomic E-state index is 12.7. The molecule has 0 aliphatic carbocycles. The molecule has 5 aromatic rings. The van der Waals surface area contributed by atoms with Crippen LogP contribution in [0.25, 0.3) is 21.5 Å². The highest BCUT2D eigenvalue weighted by Gasteiger charge is 2.49. The van der Waals surface area contributed by atoms with E-state index >= 15 is 0 Å². The van der Waals surface area contributed by atoms with Crippen LogP contribution in [-0.2, 0) is 16.1 Å². The minimum Gasteiger partial charge on any atom is -0.490 e. The lowest BCUT2D eigenvalue weighted by Gasteiger charge is -2.21. The largest absolute Gasteiger partial charge is 0.490 e. The molecule has 9 rings (SSSR count). The van der Waals surface area contributed by atoms with Gasteiger partial charge in [0.2, 0.25) is 23.6 Å². The van der Waals surface area contributed by atoms with Crippen LogP contribution >= 0.6 is 0 Å². The lowest BCUT2D eigenvalue weighted by molar-refractivity contribution is -0.123. The number of primary amides is 2. The van der Waals surface area contributed by atoms with E-state index in [2.05, 4.69) is 42.5 Å². The Morgan fingerprint density at radius 1 is 0.688 bits per heavy atom. The molecule has 2 aromatic heterocycles. The molecule has 0 bridgehead atoms. The van der Waals surface area contributed by atoms with Gasteiger partial charge in [0.1, 0.15) is 24.7 Å². The molecule has 16 heteroatoms. The fraction of sp³-hybridized carbons (Fsp3) is 0.417. The second-order valence-electron chi connectivity index (χ2n) is 17.7. The molecule has 336 valence electrons. The van der Waals surface area contributed by atoms with Crippen molar-refractivity contribution in [2.75, 3.05) is 46.4 Å². The predicted octanol–water partition coefficient (Wildman–Crippen LogP) is 3.92. The summed E-state index contributed by atoms with van der Waals surface area (Å²) >= 11 is 0. The van der Waals surface area contributed by atoms with Gasteiger partial charge in [0.15, 0.2) is 0 Å². The number of benzene rings is 3. The van der Waals surface area contributed by atoms with E-state index in [1.807, 2.05) is 52.9 Å². The predicted molar refractivity (Wildman–Crippen MR) is 240 cm³/mol. The smallest absolute Gasteiger partial charge is 0.252 e. The normalized spacial score (nSPS) is 22.8. The third kappa shape index (κ3) is 9.53. The first kappa shape index (κ1) is 44.1. The zero-order valence-electron chi connectivity index (χ0n) is 36.8. The van der Waals surface area contributed by atoms with Crippen LogP contribution in [0, 0.1) is 23.7 Å². The molecule has 3 aromatic carbocycles. The number of carbonyl (C=O) groups is 4. The highest BCUT2D eigenvalue weighted by atomic mass is 16.5. The van der Waals surface area contributed by atoms with Gasteiger partial charge in [-0.25, -0.2) is 9.97 Å². The number of fused-ring (bicyclic) bond motifs is 4. The summed E-state index contributed by atoms with van der Waals surface area (Å²) < 4.78 is 23.8. The first-order valence-corrected chi connectivity index (χ1v) is 21.8. The molecule has 6 N–H and O–H groups in total. The summed E-state index contributed by atoms with van der Waals surface area (Å²) in [5.74, 6) is 1.18. The van der Waals surface area contributed by atoms with E-state index in [1.165, 1.54) is 5.56 Å². The Kier molecular flexibility index (Phi) is 12.9. The number of carbonyl (C=O) groups excluding carboxylic acids is 4. The van der Waals surface area contributed by atoms with Gasteiger partial charge in [-0.3, -0.25) is 24.1 Å². The SMILES string of the molecule is CC(C)Oc1cc2c(OC[C@H]3NC(=O)[C@@H]4CN(C)C[C@H]34)nccc2cc1C(N)=O.CC(C)Oc1cc2c(OC[C@H]3NC(=O)[C@@H]4CN(Cc5ccccc5)C[C@H]34)nccc2cc1C(N)=O. The van der Waals surface area contributed by atoms with Crippen molar-refractivity contribution >= 4 is 45.2 Å². The number of hydrogen-bond acceptors (Lipinski definition) is 12. The Morgan fingerprint density at radius 3 is 1.66 bits per heavy atom. The van der Waals surface area contributed by atoms with Crippen molar-refractivity contribution < 1.29 is 38.1 Å².